The minimum Gasteiger partial charge on any atom is -0.327 e. The summed E-state index contributed by atoms with van der Waals surface area (Å²) in [6.45, 7) is 7.80. The van der Waals surface area contributed by atoms with Crippen LogP contribution in [0, 0.1) is 11.3 Å². The van der Waals surface area contributed by atoms with Crippen molar-refractivity contribution in [2.75, 3.05) is 0 Å². The van der Waals surface area contributed by atoms with E-state index in [9.17, 15) is 0 Å². The van der Waals surface area contributed by atoms with Crippen molar-refractivity contribution < 1.29 is 0 Å². The van der Waals surface area contributed by atoms with Crippen LogP contribution in [-0.4, -0.2) is 20.8 Å². The van der Waals surface area contributed by atoms with Gasteiger partial charge in [-0.3, -0.25) is 4.68 Å². The third-order valence-corrected chi connectivity index (χ3v) is 4.41. The van der Waals surface area contributed by atoms with E-state index < -0.39 is 0 Å². The van der Waals surface area contributed by atoms with Crippen LogP contribution < -0.4 is 5.73 Å². The van der Waals surface area contributed by atoms with Crippen LogP contribution >= 0.6 is 0 Å². The number of rotatable bonds is 5. The lowest BCUT2D eigenvalue weighted by atomic mass is 9.77. The van der Waals surface area contributed by atoms with Crippen molar-refractivity contribution in [3.05, 3.63) is 12.2 Å². The second-order valence-electron chi connectivity index (χ2n) is 6.25. The topological polar surface area (TPSA) is 56.7 Å². The maximum atomic E-state index is 6.43. The first-order valence-corrected chi connectivity index (χ1v) is 7.17. The van der Waals surface area contributed by atoms with Gasteiger partial charge in [-0.05, 0) is 30.6 Å². The fourth-order valence-electron chi connectivity index (χ4n) is 3.35. The molecular weight excluding hydrogens is 224 g/mol. The van der Waals surface area contributed by atoms with Crippen LogP contribution in [0.3, 0.4) is 0 Å². The standard InChI is InChI=1S/C14H26N4/c1-4-8-18-13(16-10-17-18)9-12(15)11-6-5-7-14(11,2)3/h10-12H,4-9,15H2,1-3H3. The summed E-state index contributed by atoms with van der Waals surface area (Å²) >= 11 is 0. The van der Waals surface area contributed by atoms with Crippen LogP contribution in [0.5, 0.6) is 0 Å². The lowest BCUT2D eigenvalue weighted by molar-refractivity contribution is 0.217. The Labute approximate surface area is 110 Å². The van der Waals surface area contributed by atoms with Gasteiger partial charge in [0.15, 0.2) is 0 Å². The molecule has 0 bridgehead atoms. The Morgan fingerprint density at radius 3 is 2.94 bits per heavy atom. The predicted molar refractivity (Wildman–Crippen MR) is 73.1 cm³/mol. The average Bonchev–Trinajstić information content (AvgIpc) is 2.86. The van der Waals surface area contributed by atoms with Crippen LogP contribution in [0.25, 0.3) is 0 Å². The predicted octanol–water partition coefficient (Wildman–Crippen LogP) is 2.38. The molecule has 102 valence electrons. The number of hydrogen-bond acceptors (Lipinski definition) is 3. The number of aryl methyl sites for hydroxylation is 1. The lowest BCUT2D eigenvalue weighted by Gasteiger charge is -2.31. The molecule has 4 heteroatoms. The molecule has 2 atom stereocenters. The van der Waals surface area contributed by atoms with Gasteiger partial charge in [0, 0.05) is 19.0 Å². The maximum Gasteiger partial charge on any atom is 0.138 e. The number of aromatic nitrogens is 3. The summed E-state index contributed by atoms with van der Waals surface area (Å²) in [6, 6.07) is 0.210. The van der Waals surface area contributed by atoms with Gasteiger partial charge < -0.3 is 5.73 Å². The van der Waals surface area contributed by atoms with Crippen molar-refractivity contribution in [2.45, 2.75) is 65.5 Å². The first kappa shape index (κ1) is 13.5. The third kappa shape index (κ3) is 2.74. The molecule has 0 aliphatic heterocycles. The summed E-state index contributed by atoms with van der Waals surface area (Å²) in [6.07, 6.45) is 7.46. The minimum atomic E-state index is 0.210. The highest BCUT2D eigenvalue weighted by molar-refractivity contribution is 4.97. The molecule has 0 saturated heterocycles. The van der Waals surface area contributed by atoms with Crippen molar-refractivity contribution in [1.82, 2.24) is 14.8 Å². The molecule has 2 rings (SSSR count). The fourth-order valence-corrected chi connectivity index (χ4v) is 3.35. The zero-order valence-electron chi connectivity index (χ0n) is 11.9. The van der Waals surface area contributed by atoms with Gasteiger partial charge in [0.1, 0.15) is 12.2 Å². The molecule has 2 N–H and O–H groups in total. The molecule has 4 nitrogen and oxygen atoms in total. The molecule has 1 aromatic rings. The quantitative estimate of drug-likeness (QED) is 0.873. The van der Waals surface area contributed by atoms with Gasteiger partial charge in [-0.25, -0.2) is 4.98 Å². The Hall–Kier alpha value is -0.900. The smallest absolute Gasteiger partial charge is 0.138 e. The molecule has 2 unspecified atom stereocenters. The monoisotopic (exact) mass is 250 g/mol. The first-order valence-electron chi connectivity index (χ1n) is 7.17. The minimum absolute atomic E-state index is 0.210. The highest BCUT2D eigenvalue weighted by Crippen LogP contribution is 2.44. The zero-order valence-corrected chi connectivity index (χ0v) is 11.9. The Morgan fingerprint density at radius 1 is 1.56 bits per heavy atom. The van der Waals surface area contributed by atoms with E-state index in [1.165, 1.54) is 19.3 Å². The van der Waals surface area contributed by atoms with E-state index in [1.54, 1.807) is 6.33 Å². The molecule has 0 aromatic carbocycles. The van der Waals surface area contributed by atoms with E-state index in [1.807, 2.05) is 4.68 Å². The Kier molecular flexibility index (Phi) is 4.05. The van der Waals surface area contributed by atoms with E-state index in [0.717, 1.165) is 25.2 Å². The second kappa shape index (κ2) is 5.39. The largest absolute Gasteiger partial charge is 0.327 e. The van der Waals surface area contributed by atoms with E-state index in [2.05, 4.69) is 30.9 Å². The Morgan fingerprint density at radius 2 is 2.33 bits per heavy atom. The molecular formula is C14H26N4. The molecule has 1 fully saturated rings. The third-order valence-electron chi connectivity index (χ3n) is 4.41. The van der Waals surface area contributed by atoms with Gasteiger partial charge in [0.05, 0.1) is 0 Å². The van der Waals surface area contributed by atoms with Gasteiger partial charge in [0.2, 0.25) is 0 Å². The summed E-state index contributed by atoms with van der Waals surface area (Å²) in [4.78, 5) is 4.37. The van der Waals surface area contributed by atoms with Crippen LogP contribution in [-0.2, 0) is 13.0 Å². The van der Waals surface area contributed by atoms with E-state index >= 15 is 0 Å². The molecule has 1 heterocycles. The summed E-state index contributed by atoms with van der Waals surface area (Å²) in [5.41, 5.74) is 6.81. The van der Waals surface area contributed by atoms with Crippen LogP contribution in [0.2, 0.25) is 0 Å². The normalized spacial score (nSPS) is 24.3. The molecule has 18 heavy (non-hydrogen) atoms. The average molecular weight is 250 g/mol. The van der Waals surface area contributed by atoms with E-state index in [4.69, 9.17) is 5.73 Å². The van der Waals surface area contributed by atoms with Gasteiger partial charge >= 0.3 is 0 Å². The fraction of sp³-hybridized carbons (Fsp3) is 0.857. The SMILES string of the molecule is CCCn1ncnc1CC(N)C1CCCC1(C)C. The van der Waals surface area contributed by atoms with Crippen LogP contribution in [0.15, 0.2) is 6.33 Å². The van der Waals surface area contributed by atoms with Crippen molar-refractivity contribution in [1.29, 1.82) is 0 Å². The molecule has 1 aliphatic rings. The first-order chi connectivity index (χ1) is 8.54. The van der Waals surface area contributed by atoms with E-state index in [0.29, 0.717) is 11.3 Å². The lowest BCUT2D eigenvalue weighted by Crippen LogP contribution is -2.38. The summed E-state index contributed by atoms with van der Waals surface area (Å²) in [5.74, 6) is 1.66. The molecule has 0 radical (unpaired) electrons. The summed E-state index contributed by atoms with van der Waals surface area (Å²) in [5, 5.41) is 4.27. The van der Waals surface area contributed by atoms with Crippen molar-refractivity contribution in [3.63, 3.8) is 0 Å². The second-order valence-corrected chi connectivity index (χ2v) is 6.25. The summed E-state index contributed by atoms with van der Waals surface area (Å²) < 4.78 is 2.00. The number of nitrogens with two attached hydrogens (primary N) is 1. The van der Waals surface area contributed by atoms with Crippen LogP contribution in [0.4, 0.5) is 0 Å². The Balaban J connectivity index is 2.02. The maximum absolute atomic E-state index is 6.43. The number of nitrogens with zero attached hydrogens (tertiary/aromatic N) is 3. The Bertz CT molecular complexity index is 383. The van der Waals surface area contributed by atoms with Gasteiger partial charge in [-0.1, -0.05) is 27.2 Å². The van der Waals surface area contributed by atoms with Gasteiger partial charge in [-0.2, -0.15) is 5.10 Å². The molecule has 1 saturated carbocycles. The molecule has 0 amide bonds. The highest BCUT2D eigenvalue weighted by atomic mass is 15.3. The van der Waals surface area contributed by atoms with E-state index in [-0.39, 0.29) is 6.04 Å². The molecule has 1 aromatic heterocycles. The molecule has 1 aliphatic carbocycles. The van der Waals surface area contributed by atoms with Gasteiger partial charge in [-0.15, -0.1) is 0 Å². The summed E-state index contributed by atoms with van der Waals surface area (Å²) in [7, 11) is 0. The molecule has 0 spiro atoms. The van der Waals surface area contributed by atoms with Gasteiger partial charge in [0.25, 0.3) is 0 Å². The zero-order chi connectivity index (χ0) is 13.2. The van der Waals surface area contributed by atoms with Crippen molar-refractivity contribution in [3.8, 4) is 0 Å². The highest BCUT2D eigenvalue weighted by Gasteiger charge is 2.38. The van der Waals surface area contributed by atoms with Crippen molar-refractivity contribution in [2.24, 2.45) is 17.1 Å². The van der Waals surface area contributed by atoms with Crippen LogP contribution in [0.1, 0.15) is 52.3 Å². The number of hydrogen-bond donors (Lipinski definition) is 1. The van der Waals surface area contributed by atoms with Crippen molar-refractivity contribution >= 4 is 0 Å².